The Morgan fingerprint density at radius 2 is 1.82 bits per heavy atom. The van der Waals surface area contributed by atoms with Gasteiger partial charge in [-0.2, -0.15) is 15.8 Å². The molecular formula is C14H10N4O4. The molecule has 0 bridgehead atoms. The number of nitriles is 3. The molecule has 22 heavy (non-hydrogen) atoms. The molecule has 0 saturated heterocycles. The lowest BCUT2D eigenvalue weighted by atomic mass is 10.1. The third-order valence-electron chi connectivity index (χ3n) is 2.56. The molecule has 0 spiro atoms. The first kappa shape index (κ1) is 16.4. The van der Waals surface area contributed by atoms with E-state index < -0.39 is 17.3 Å². The summed E-state index contributed by atoms with van der Waals surface area (Å²) in [5, 5.41) is 39.0. The highest BCUT2D eigenvalue weighted by molar-refractivity contribution is 5.92. The molecule has 0 aliphatic rings. The summed E-state index contributed by atoms with van der Waals surface area (Å²) in [4.78, 5) is 11.6. The second-order valence-corrected chi connectivity index (χ2v) is 3.78. The molecule has 8 heteroatoms. The van der Waals surface area contributed by atoms with Gasteiger partial charge in [-0.1, -0.05) is 0 Å². The molecule has 0 atom stereocenters. The number of methoxy groups -OCH3 is 2. The van der Waals surface area contributed by atoms with Crippen LogP contribution in [0.1, 0.15) is 10.4 Å². The number of phenolic OH excluding ortho intramolecular Hbond substituents is 1. The van der Waals surface area contributed by atoms with Crippen molar-refractivity contribution in [2.75, 3.05) is 19.5 Å². The van der Waals surface area contributed by atoms with Crippen molar-refractivity contribution in [3.8, 4) is 29.7 Å². The summed E-state index contributed by atoms with van der Waals surface area (Å²) in [6.45, 7) is 0. The Balaban J connectivity index is 3.46. The van der Waals surface area contributed by atoms with E-state index in [-0.39, 0.29) is 22.7 Å². The molecule has 1 aromatic rings. The van der Waals surface area contributed by atoms with E-state index in [2.05, 4.69) is 10.1 Å². The minimum Gasteiger partial charge on any atom is -0.503 e. The highest BCUT2D eigenvalue weighted by atomic mass is 16.5. The van der Waals surface area contributed by atoms with E-state index in [0.29, 0.717) is 0 Å². The van der Waals surface area contributed by atoms with Gasteiger partial charge in [0.05, 0.1) is 25.5 Å². The van der Waals surface area contributed by atoms with Crippen LogP contribution in [-0.2, 0) is 4.74 Å². The van der Waals surface area contributed by atoms with Crippen LogP contribution >= 0.6 is 0 Å². The summed E-state index contributed by atoms with van der Waals surface area (Å²) < 4.78 is 9.49. The molecule has 8 nitrogen and oxygen atoms in total. The normalized spacial score (nSPS) is 8.68. The minimum atomic E-state index is -0.690. The largest absolute Gasteiger partial charge is 0.503 e. The average Bonchev–Trinajstić information content (AvgIpc) is 2.55. The predicted octanol–water partition coefficient (Wildman–Crippen LogP) is 1.42. The summed E-state index contributed by atoms with van der Waals surface area (Å²) in [6.07, 6.45) is 0. The Morgan fingerprint density at radius 1 is 1.18 bits per heavy atom. The van der Waals surface area contributed by atoms with Gasteiger partial charge < -0.3 is 19.9 Å². The fourth-order valence-corrected chi connectivity index (χ4v) is 1.51. The van der Waals surface area contributed by atoms with Gasteiger partial charge in [-0.25, -0.2) is 4.79 Å². The summed E-state index contributed by atoms with van der Waals surface area (Å²) >= 11 is 0. The number of hydrogen-bond donors (Lipinski definition) is 2. The molecule has 1 aromatic carbocycles. The number of carbonyl (C=O) groups is 1. The van der Waals surface area contributed by atoms with Crippen molar-refractivity contribution >= 4 is 11.7 Å². The number of nitrogens with zero attached hydrogens (tertiary/aromatic N) is 3. The Morgan fingerprint density at radius 3 is 2.27 bits per heavy atom. The molecule has 0 amide bonds. The number of hydrogen-bond acceptors (Lipinski definition) is 8. The molecule has 0 aliphatic heterocycles. The third kappa shape index (κ3) is 3.24. The first-order valence-electron chi connectivity index (χ1n) is 5.73. The van der Waals surface area contributed by atoms with Crippen molar-refractivity contribution in [3.05, 3.63) is 29.0 Å². The zero-order valence-electron chi connectivity index (χ0n) is 11.7. The van der Waals surface area contributed by atoms with Gasteiger partial charge in [0.25, 0.3) is 0 Å². The van der Waals surface area contributed by atoms with Gasteiger partial charge in [0.15, 0.2) is 17.1 Å². The van der Waals surface area contributed by atoms with Crippen molar-refractivity contribution in [1.82, 2.24) is 0 Å². The van der Waals surface area contributed by atoms with Gasteiger partial charge >= 0.3 is 5.97 Å². The van der Waals surface area contributed by atoms with Gasteiger partial charge in [0.2, 0.25) is 0 Å². The van der Waals surface area contributed by atoms with Gasteiger partial charge in [0, 0.05) is 0 Å². The minimum absolute atomic E-state index is 0.0434. The van der Waals surface area contributed by atoms with E-state index in [1.807, 2.05) is 0 Å². The number of phenols is 1. The second-order valence-electron chi connectivity index (χ2n) is 3.78. The highest BCUT2D eigenvalue weighted by Crippen LogP contribution is 2.36. The SMILES string of the molecule is COC(=O)c1cc(NC(C#N)=C(C#N)C#N)c(O)c(OC)c1. The van der Waals surface area contributed by atoms with Crippen molar-refractivity contribution in [2.24, 2.45) is 0 Å². The number of allylic oxidation sites excluding steroid dienone is 2. The van der Waals surface area contributed by atoms with Gasteiger partial charge in [-0.05, 0) is 12.1 Å². The predicted molar refractivity (Wildman–Crippen MR) is 73.5 cm³/mol. The zero-order chi connectivity index (χ0) is 16.7. The zero-order valence-corrected chi connectivity index (χ0v) is 11.7. The highest BCUT2D eigenvalue weighted by Gasteiger charge is 2.17. The molecule has 0 aromatic heterocycles. The third-order valence-corrected chi connectivity index (χ3v) is 2.56. The molecule has 0 saturated carbocycles. The average molecular weight is 298 g/mol. The number of nitrogens with one attached hydrogen (secondary N) is 1. The Labute approximate surface area is 126 Å². The van der Waals surface area contributed by atoms with E-state index >= 15 is 0 Å². The van der Waals surface area contributed by atoms with E-state index in [4.69, 9.17) is 20.5 Å². The van der Waals surface area contributed by atoms with Crippen LogP contribution in [0.15, 0.2) is 23.4 Å². The fourth-order valence-electron chi connectivity index (χ4n) is 1.51. The number of carbonyl (C=O) groups excluding carboxylic acids is 1. The molecule has 0 aliphatic carbocycles. The molecule has 110 valence electrons. The van der Waals surface area contributed by atoms with Crippen molar-refractivity contribution < 1.29 is 19.4 Å². The standard InChI is InChI=1S/C14H10N4O4/c1-21-12-4-8(14(20)22-2)3-10(13(12)19)18-11(7-17)9(5-15)6-16/h3-4,18-19H,1-2H3. The Hall–Kier alpha value is -3.70. The molecule has 0 fully saturated rings. The summed E-state index contributed by atoms with van der Waals surface area (Å²) in [6, 6.07) is 7.18. The first-order valence-corrected chi connectivity index (χ1v) is 5.73. The Bertz CT molecular complexity index is 747. The number of aromatic hydroxyl groups is 1. The van der Waals surface area contributed by atoms with Crippen LogP contribution in [0.2, 0.25) is 0 Å². The van der Waals surface area contributed by atoms with Crippen LogP contribution in [0.4, 0.5) is 5.69 Å². The maximum Gasteiger partial charge on any atom is 0.338 e. The number of rotatable bonds is 4. The van der Waals surface area contributed by atoms with Crippen LogP contribution in [-0.4, -0.2) is 25.3 Å². The maximum absolute atomic E-state index is 11.6. The number of benzene rings is 1. The van der Waals surface area contributed by atoms with Gasteiger partial charge in [0.1, 0.15) is 23.9 Å². The molecule has 0 radical (unpaired) electrons. The quantitative estimate of drug-likeness (QED) is 0.483. The lowest BCUT2D eigenvalue weighted by molar-refractivity contribution is 0.0600. The Kier molecular flexibility index (Phi) is 5.34. The number of anilines is 1. The lowest BCUT2D eigenvalue weighted by Crippen LogP contribution is -2.06. The lowest BCUT2D eigenvalue weighted by Gasteiger charge is -2.12. The molecule has 0 heterocycles. The van der Waals surface area contributed by atoms with Crippen LogP contribution in [0, 0.1) is 34.0 Å². The molecule has 1 rings (SSSR count). The first-order chi connectivity index (χ1) is 10.5. The summed E-state index contributed by atoms with van der Waals surface area (Å²) in [5.41, 5.74) is -0.875. The smallest absolute Gasteiger partial charge is 0.338 e. The van der Waals surface area contributed by atoms with Crippen LogP contribution in [0.3, 0.4) is 0 Å². The molecular weight excluding hydrogens is 288 g/mol. The fraction of sp³-hybridized carbons (Fsp3) is 0.143. The summed E-state index contributed by atoms with van der Waals surface area (Å²) in [5.74, 6) is -1.12. The molecule has 2 N–H and O–H groups in total. The van der Waals surface area contributed by atoms with Crippen LogP contribution < -0.4 is 10.1 Å². The molecule has 0 unspecified atom stereocenters. The van der Waals surface area contributed by atoms with E-state index in [1.165, 1.54) is 26.4 Å². The van der Waals surface area contributed by atoms with Crippen LogP contribution in [0.25, 0.3) is 0 Å². The van der Waals surface area contributed by atoms with Gasteiger partial charge in [-0.3, -0.25) is 0 Å². The van der Waals surface area contributed by atoms with Crippen molar-refractivity contribution in [3.63, 3.8) is 0 Å². The number of ether oxygens (including phenoxy) is 2. The monoisotopic (exact) mass is 298 g/mol. The van der Waals surface area contributed by atoms with E-state index in [1.54, 1.807) is 18.2 Å². The maximum atomic E-state index is 11.6. The van der Waals surface area contributed by atoms with Crippen LogP contribution in [0.5, 0.6) is 11.5 Å². The van der Waals surface area contributed by atoms with Crippen molar-refractivity contribution in [1.29, 1.82) is 15.8 Å². The van der Waals surface area contributed by atoms with Gasteiger partial charge in [-0.15, -0.1) is 0 Å². The summed E-state index contributed by atoms with van der Waals surface area (Å²) in [7, 11) is 2.45. The van der Waals surface area contributed by atoms with E-state index in [9.17, 15) is 9.90 Å². The van der Waals surface area contributed by atoms with Crippen molar-refractivity contribution in [2.45, 2.75) is 0 Å². The second kappa shape index (κ2) is 7.18. The number of esters is 1. The van der Waals surface area contributed by atoms with E-state index in [0.717, 1.165) is 0 Å². The topological polar surface area (TPSA) is 139 Å².